The van der Waals surface area contributed by atoms with Gasteiger partial charge in [0, 0.05) is 4.91 Å². The van der Waals surface area contributed by atoms with Crippen LogP contribution in [0.1, 0.15) is 5.56 Å². The molecule has 0 saturated heterocycles. The molecule has 0 saturated carbocycles. The van der Waals surface area contributed by atoms with E-state index in [0.717, 1.165) is 5.56 Å². The van der Waals surface area contributed by atoms with Gasteiger partial charge in [0.25, 0.3) is 0 Å². The van der Waals surface area contributed by atoms with Crippen LogP contribution in [0.25, 0.3) is 10.4 Å². The third kappa shape index (κ3) is 3.61. The summed E-state index contributed by atoms with van der Waals surface area (Å²) in [5.41, 5.74) is 9.02. The summed E-state index contributed by atoms with van der Waals surface area (Å²) in [6, 6.07) is 8.97. The summed E-state index contributed by atoms with van der Waals surface area (Å²) >= 11 is 0. The first kappa shape index (κ1) is 12.0. The summed E-state index contributed by atoms with van der Waals surface area (Å²) < 4.78 is 0. The molecule has 0 aromatic heterocycles. The van der Waals surface area contributed by atoms with Gasteiger partial charge in [0.1, 0.15) is 11.3 Å². The van der Waals surface area contributed by atoms with E-state index in [-0.39, 0.29) is 0 Å². The lowest BCUT2D eigenvalue weighted by atomic mass is 10.1. The van der Waals surface area contributed by atoms with Crippen molar-refractivity contribution >= 4 is 5.97 Å². The Morgan fingerprint density at radius 2 is 2.25 bits per heavy atom. The number of hydrogen-bond acceptors (Lipinski definition) is 4. The molecule has 1 atom stereocenters. The molecule has 0 heterocycles. The third-order valence-corrected chi connectivity index (χ3v) is 2.08. The Kier molecular flexibility index (Phi) is 4.85. The lowest BCUT2D eigenvalue weighted by molar-refractivity contribution is -0.146. The molecule has 16 heavy (non-hydrogen) atoms. The first-order valence-corrected chi connectivity index (χ1v) is 4.74. The van der Waals surface area contributed by atoms with E-state index < -0.39 is 12.0 Å². The monoisotopic (exact) mass is 220 g/mol. The van der Waals surface area contributed by atoms with Gasteiger partial charge in [-0.25, -0.2) is 4.79 Å². The third-order valence-electron chi connectivity index (χ3n) is 2.08. The molecule has 84 valence electrons. The molecule has 1 rings (SSSR count). The van der Waals surface area contributed by atoms with E-state index in [9.17, 15) is 4.79 Å². The highest BCUT2D eigenvalue weighted by atomic mass is 16.7. The van der Waals surface area contributed by atoms with Crippen molar-refractivity contribution in [1.29, 1.82) is 0 Å². The highest BCUT2D eigenvalue weighted by molar-refractivity contribution is 5.75. The lowest BCUT2D eigenvalue weighted by Gasteiger charge is -2.12. The van der Waals surface area contributed by atoms with Crippen molar-refractivity contribution in [2.75, 3.05) is 7.05 Å². The molecular formula is C10H12N4O2. The van der Waals surface area contributed by atoms with E-state index >= 15 is 0 Å². The minimum absolute atomic E-state index is 0.483. The van der Waals surface area contributed by atoms with Gasteiger partial charge in [-0.15, -0.1) is 0 Å². The number of nitrogens with zero attached hydrogens (tertiary/aromatic N) is 3. The maximum absolute atomic E-state index is 11.4. The fraction of sp³-hybridized carbons (Fsp3) is 0.300. The summed E-state index contributed by atoms with van der Waals surface area (Å²) in [5.74, 6) is -0.593. The van der Waals surface area contributed by atoms with E-state index in [4.69, 9.17) is 5.53 Å². The minimum Gasteiger partial charge on any atom is -0.357 e. The summed E-state index contributed by atoms with van der Waals surface area (Å²) in [6.45, 7) is 0. The van der Waals surface area contributed by atoms with Crippen LogP contribution in [-0.4, -0.2) is 19.1 Å². The molecule has 0 aliphatic rings. The van der Waals surface area contributed by atoms with Gasteiger partial charge in [0.2, 0.25) is 0 Å². The van der Waals surface area contributed by atoms with Crippen molar-refractivity contribution < 1.29 is 9.63 Å². The minimum atomic E-state index is -0.593. The Hall–Kier alpha value is -2.04. The van der Waals surface area contributed by atoms with Gasteiger partial charge in [0.05, 0.1) is 0 Å². The number of benzene rings is 1. The first-order chi connectivity index (χ1) is 7.77. The van der Waals surface area contributed by atoms with Crippen LogP contribution in [0.15, 0.2) is 35.6 Å². The quantitative estimate of drug-likeness (QED) is 0.353. The van der Waals surface area contributed by atoms with Gasteiger partial charge in [-0.05, 0) is 24.6 Å². The van der Waals surface area contributed by atoms with Crippen LogP contribution in [-0.2, 0) is 16.1 Å². The van der Waals surface area contributed by atoms with Gasteiger partial charge in [-0.2, -0.15) is 0 Å². The molecule has 0 unspecified atom stereocenters. The summed E-state index contributed by atoms with van der Waals surface area (Å²) in [7, 11) is 1.64. The number of likely N-dealkylation sites (N-methyl/N-ethyl adjacent to an activating group) is 1. The van der Waals surface area contributed by atoms with Crippen molar-refractivity contribution in [3.8, 4) is 0 Å². The van der Waals surface area contributed by atoms with Crippen molar-refractivity contribution in [3.05, 3.63) is 46.3 Å². The van der Waals surface area contributed by atoms with Crippen molar-refractivity contribution in [2.45, 2.75) is 12.5 Å². The number of azide groups is 1. The summed E-state index contributed by atoms with van der Waals surface area (Å²) in [5, 5.41) is 5.57. The van der Waals surface area contributed by atoms with E-state index in [1.54, 1.807) is 7.05 Å². The average Bonchev–Trinajstić information content (AvgIpc) is 2.34. The molecule has 1 aromatic rings. The van der Waals surface area contributed by atoms with Gasteiger partial charge < -0.3 is 10.2 Å². The lowest BCUT2D eigenvalue weighted by Crippen LogP contribution is -2.36. The predicted octanol–water partition coefficient (Wildman–Crippen LogP) is 1.59. The molecule has 1 N–H and O–H groups in total. The van der Waals surface area contributed by atoms with Gasteiger partial charge >= 0.3 is 5.97 Å². The second kappa shape index (κ2) is 6.44. The maximum atomic E-state index is 11.4. The Morgan fingerprint density at radius 1 is 1.56 bits per heavy atom. The normalized spacial score (nSPS) is 11.3. The van der Waals surface area contributed by atoms with Crippen LogP contribution in [0.4, 0.5) is 0 Å². The van der Waals surface area contributed by atoms with E-state index in [1.807, 2.05) is 30.3 Å². The molecule has 0 aliphatic heterocycles. The van der Waals surface area contributed by atoms with Crippen LogP contribution < -0.4 is 5.32 Å². The molecule has 0 amide bonds. The maximum Gasteiger partial charge on any atom is 0.335 e. The smallest absolute Gasteiger partial charge is 0.335 e. The summed E-state index contributed by atoms with van der Waals surface area (Å²) in [6.07, 6.45) is 0.483. The van der Waals surface area contributed by atoms with Crippen LogP contribution in [0.2, 0.25) is 0 Å². The van der Waals surface area contributed by atoms with Crippen LogP contribution in [0.5, 0.6) is 0 Å². The Bertz CT molecular complexity index is 387. The second-order valence-corrected chi connectivity index (χ2v) is 3.11. The van der Waals surface area contributed by atoms with Gasteiger partial charge in [0.15, 0.2) is 0 Å². The molecule has 6 heteroatoms. The molecule has 1 aromatic carbocycles. The van der Waals surface area contributed by atoms with Crippen molar-refractivity contribution in [1.82, 2.24) is 5.32 Å². The number of nitrogens with one attached hydrogen (secondary N) is 1. The van der Waals surface area contributed by atoms with Gasteiger partial charge in [-0.3, -0.25) is 0 Å². The fourth-order valence-corrected chi connectivity index (χ4v) is 1.28. The van der Waals surface area contributed by atoms with Crippen molar-refractivity contribution in [3.63, 3.8) is 0 Å². The van der Waals surface area contributed by atoms with Crippen LogP contribution in [0, 0.1) is 0 Å². The zero-order chi connectivity index (χ0) is 11.8. The SMILES string of the molecule is CN[C@@H](Cc1ccccc1)C(=O)ON=[N+]=[N-]. The molecule has 0 spiro atoms. The van der Waals surface area contributed by atoms with E-state index in [1.165, 1.54) is 0 Å². The number of hydrogen-bond donors (Lipinski definition) is 1. The predicted molar refractivity (Wildman–Crippen MR) is 58.2 cm³/mol. The molecular weight excluding hydrogens is 208 g/mol. The highest BCUT2D eigenvalue weighted by Gasteiger charge is 2.18. The number of carbonyl (C=O) groups excluding carboxylic acids is 1. The Balaban J connectivity index is 2.61. The van der Waals surface area contributed by atoms with Crippen molar-refractivity contribution in [2.24, 2.45) is 5.28 Å². The molecule has 0 aliphatic carbocycles. The van der Waals surface area contributed by atoms with Gasteiger partial charge in [-0.1, -0.05) is 30.3 Å². The van der Waals surface area contributed by atoms with Crippen LogP contribution >= 0.6 is 0 Å². The molecule has 6 nitrogen and oxygen atoms in total. The van der Waals surface area contributed by atoms with E-state index in [0.29, 0.717) is 6.42 Å². The van der Waals surface area contributed by atoms with E-state index in [2.05, 4.69) is 20.3 Å². The summed E-state index contributed by atoms with van der Waals surface area (Å²) in [4.78, 5) is 18.1. The highest BCUT2D eigenvalue weighted by Crippen LogP contribution is 2.04. The zero-order valence-electron chi connectivity index (χ0n) is 8.83. The largest absolute Gasteiger partial charge is 0.357 e. The first-order valence-electron chi connectivity index (χ1n) is 4.74. The standard InChI is InChI=1S/C10H12N4O2/c1-12-9(10(15)16-14-13-11)7-8-5-3-2-4-6-8/h2-6,9,12H,7H2,1H3/t9-/m0/s1. The Morgan fingerprint density at radius 3 is 2.81 bits per heavy atom. The molecule has 0 bridgehead atoms. The molecule has 0 fully saturated rings. The fourth-order valence-electron chi connectivity index (χ4n) is 1.28. The number of carbonyl (C=O) groups is 1. The second-order valence-electron chi connectivity index (χ2n) is 3.11. The zero-order valence-corrected chi connectivity index (χ0v) is 8.83. The number of rotatable bonds is 5. The average molecular weight is 220 g/mol. The van der Waals surface area contributed by atoms with Crippen LogP contribution in [0.3, 0.4) is 0 Å². The topological polar surface area (TPSA) is 87.1 Å². The molecule has 0 radical (unpaired) electrons. The Labute approximate surface area is 92.8 Å².